The smallest absolute Gasteiger partial charge is 0.411 e. The van der Waals surface area contributed by atoms with Crippen LogP contribution in [0.3, 0.4) is 0 Å². The summed E-state index contributed by atoms with van der Waals surface area (Å²) in [5.74, 6) is -0.0828. The molecule has 5 unspecified atom stereocenters. The van der Waals surface area contributed by atoms with Crippen molar-refractivity contribution in [2.24, 2.45) is 5.41 Å². The minimum Gasteiger partial charge on any atom is -0.444 e. The predicted octanol–water partition coefficient (Wildman–Crippen LogP) is 6.95. The Bertz CT molecular complexity index is 1540. The van der Waals surface area contributed by atoms with Gasteiger partial charge in [0.05, 0.1) is 17.8 Å². The summed E-state index contributed by atoms with van der Waals surface area (Å²) in [5.41, 5.74) is 5.68. The molecule has 0 spiro atoms. The van der Waals surface area contributed by atoms with Crippen molar-refractivity contribution in [3.63, 3.8) is 0 Å². The number of anilines is 2. The zero-order chi connectivity index (χ0) is 30.3. The molecular formula is C34H36IN3O5. The second kappa shape index (κ2) is 12.0. The number of aldehydes is 1. The highest BCUT2D eigenvalue weighted by atomic mass is 127. The summed E-state index contributed by atoms with van der Waals surface area (Å²) in [6.07, 6.45) is 2.85. The molecule has 3 aliphatic rings. The Morgan fingerprint density at radius 3 is 2.58 bits per heavy atom. The largest absolute Gasteiger partial charge is 0.444 e. The van der Waals surface area contributed by atoms with E-state index >= 15 is 0 Å². The van der Waals surface area contributed by atoms with Crippen LogP contribution < -0.4 is 10.6 Å². The van der Waals surface area contributed by atoms with Crippen molar-refractivity contribution in [2.45, 2.75) is 76.9 Å². The van der Waals surface area contributed by atoms with E-state index in [0.717, 1.165) is 35.0 Å². The Kier molecular flexibility index (Phi) is 8.32. The molecule has 0 aliphatic carbocycles. The molecule has 3 heterocycles. The van der Waals surface area contributed by atoms with Crippen LogP contribution >= 0.6 is 22.9 Å². The van der Waals surface area contributed by atoms with E-state index in [9.17, 15) is 14.4 Å². The van der Waals surface area contributed by atoms with Gasteiger partial charge >= 0.3 is 6.09 Å². The lowest BCUT2D eigenvalue weighted by Gasteiger charge is -2.46. The third-order valence-electron chi connectivity index (χ3n) is 8.86. The zero-order valence-electron chi connectivity index (χ0n) is 24.5. The van der Waals surface area contributed by atoms with Crippen molar-refractivity contribution in [2.75, 3.05) is 10.6 Å². The number of aryl methyl sites for hydroxylation is 2. The molecule has 6 rings (SSSR count). The maximum atomic E-state index is 13.4. The lowest BCUT2D eigenvalue weighted by atomic mass is 9.77. The van der Waals surface area contributed by atoms with Crippen LogP contribution in [0.25, 0.3) is 11.1 Å². The van der Waals surface area contributed by atoms with E-state index in [4.69, 9.17) is 9.47 Å². The van der Waals surface area contributed by atoms with Crippen molar-refractivity contribution in [1.29, 1.82) is 0 Å². The SMILES string of the molecule is Cc1cc(C=O)ccc1NC(=O)CCCc1ccc(-c2ccccc2)c(NC(=O)OC2CC(C)(C)C3C4OC4C2N3I)c1. The van der Waals surface area contributed by atoms with E-state index in [1.807, 2.05) is 55.5 Å². The van der Waals surface area contributed by atoms with Crippen LogP contribution in [-0.4, -0.2) is 51.8 Å². The summed E-state index contributed by atoms with van der Waals surface area (Å²) >= 11 is 2.37. The molecule has 9 heteroatoms. The fraction of sp³-hybridized carbons (Fsp3) is 0.382. The Morgan fingerprint density at radius 1 is 1.05 bits per heavy atom. The lowest BCUT2D eigenvalue weighted by molar-refractivity contribution is -0.116. The maximum absolute atomic E-state index is 13.4. The zero-order valence-corrected chi connectivity index (χ0v) is 26.7. The van der Waals surface area contributed by atoms with E-state index in [0.29, 0.717) is 42.2 Å². The fourth-order valence-electron chi connectivity index (χ4n) is 6.71. The Balaban J connectivity index is 1.12. The third kappa shape index (κ3) is 6.21. The molecule has 2 amide bonds. The van der Waals surface area contributed by atoms with Gasteiger partial charge in [0, 0.05) is 46.1 Å². The molecule has 3 aromatic rings. The van der Waals surface area contributed by atoms with E-state index in [1.54, 1.807) is 18.2 Å². The first-order chi connectivity index (χ1) is 20.6. The number of hydrogen-bond acceptors (Lipinski definition) is 6. The Labute approximate surface area is 266 Å². The molecule has 8 nitrogen and oxygen atoms in total. The third-order valence-corrected chi connectivity index (χ3v) is 10.1. The quantitative estimate of drug-likeness (QED) is 0.109. The summed E-state index contributed by atoms with van der Waals surface area (Å²) in [7, 11) is 0. The number of amides is 2. The highest BCUT2D eigenvalue weighted by Crippen LogP contribution is 2.57. The van der Waals surface area contributed by atoms with Gasteiger partial charge in [0.2, 0.25) is 5.91 Å². The van der Waals surface area contributed by atoms with Crippen LogP contribution in [0.5, 0.6) is 0 Å². The van der Waals surface area contributed by atoms with Gasteiger partial charge in [-0.15, -0.1) is 0 Å². The van der Waals surface area contributed by atoms with Gasteiger partial charge in [-0.3, -0.25) is 14.9 Å². The first kappa shape index (κ1) is 29.8. The molecular weight excluding hydrogens is 657 g/mol. The molecule has 2 N–H and O–H groups in total. The number of piperidine rings is 1. The number of ether oxygens (including phenoxy) is 2. The van der Waals surface area contributed by atoms with E-state index in [-0.39, 0.29) is 35.7 Å². The number of hydrogen-bond donors (Lipinski definition) is 2. The summed E-state index contributed by atoms with van der Waals surface area (Å²) in [6, 6.07) is 21.6. The van der Waals surface area contributed by atoms with E-state index in [1.165, 1.54) is 0 Å². The fourth-order valence-corrected chi connectivity index (χ4v) is 8.46. The van der Waals surface area contributed by atoms with Gasteiger partial charge in [-0.25, -0.2) is 7.91 Å². The number of benzene rings is 3. The second-order valence-electron chi connectivity index (χ2n) is 12.4. The molecule has 3 aliphatic heterocycles. The number of fused-ring (bicyclic) bond motifs is 5. The second-order valence-corrected chi connectivity index (χ2v) is 13.6. The summed E-state index contributed by atoms with van der Waals surface area (Å²) in [4.78, 5) is 37.0. The average Bonchev–Trinajstić information content (AvgIpc) is 3.68. The molecule has 224 valence electrons. The number of nitrogens with zero attached hydrogens (tertiary/aromatic N) is 1. The van der Waals surface area contributed by atoms with Crippen molar-refractivity contribution in [3.8, 4) is 11.1 Å². The van der Waals surface area contributed by atoms with E-state index < -0.39 is 6.09 Å². The van der Waals surface area contributed by atoms with Crippen LogP contribution in [0.2, 0.25) is 0 Å². The van der Waals surface area contributed by atoms with Gasteiger partial charge in [-0.05, 0) is 72.6 Å². The van der Waals surface area contributed by atoms with Crippen molar-refractivity contribution in [3.05, 3.63) is 83.4 Å². The number of nitrogens with one attached hydrogen (secondary N) is 2. The first-order valence-corrected chi connectivity index (χ1v) is 15.7. The number of morpholine rings is 1. The summed E-state index contributed by atoms with van der Waals surface area (Å²) in [6.45, 7) is 6.31. The average molecular weight is 694 g/mol. The van der Waals surface area contributed by atoms with Crippen molar-refractivity contribution < 1.29 is 23.9 Å². The van der Waals surface area contributed by atoms with Crippen LogP contribution in [0.4, 0.5) is 16.2 Å². The Hall–Kier alpha value is -3.28. The molecule has 0 aromatic heterocycles. The molecule has 5 atom stereocenters. The topological polar surface area (TPSA) is 100 Å². The van der Waals surface area contributed by atoms with Crippen molar-refractivity contribution >= 4 is 52.5 Å². The summed E-state index contributed by atoms with van der Waals surface area (Å²) in [5, 5.41) is 5.99. The minimum atomic E-state index is -0.474. The molecule has 3 saturated heterocycles. The predicted molar refractivity (Wildman–Crippen MR) is 174 cm³/mol. The maximum Gasteiger partial charge on any atom is 0.411 e. The first-order valence-electron chi connectivity index (χ1n) is 14.8. The number of carbonyl (C=O) groups is 3. The Morgan fingerprint density at radius 2 is 1.84 bits per heavy atom. The lowest BCUT2D eigenvalue weighted by Crippen LogP contribution is -2.56. The molecule has 0 saturated carbocycles. The molecule has 43 heavy (non-hydrogen) atoms. The van der Waals surface area contributed by atoms with Gasteiger partial charge in [0.1, 0.15) is 24.6 Å². The van der Waals surface area contributed by atoms with Gasteiger partial charge in [-0.2, -0.15) is 0 Å². The molecule has 0 radical (unpaired) electrons. The molecule has 3 fully saturated rings. The minimum absolute atomic E-state index is 0.0301. The van der Waals surface area contributed by atoms with Gasteiger partial charge in [-0.1, -0.05) is 56.3 Å². The van der Waals surface area contributed by atoms with Gasteiger partial charge in [0.25, 0.3) is 0 Å². The van der Waals surface area contributed by atoms with Crippen LogP contribution in [0, 0.1) is 12.3 Å². The normalized spacial score (nSPS) is 25.0. The molecule has 3 aromatic carbocycles. The highest BCUT2D eigenvalue weighted by Gasteiger charge is 2.70. The van der Waals surface area contributed by atoms with Crippen LogP contribution in [-0.2, 0) is 20.7 Å². The van der Waals surface area contributed by atoms with Gasteiger partial charge < -0.3 is 14.8 Å². The number of carbonyl (C=O) groups excluding carboxylic acids is 3. The number of rotatable bonds is 9. The standard InChI is InChI=1S/C34H36IN3O5/c1-20-16-22(19-39)13-15-25(20)36-28(40)11-7-8-21-12-14-24(23-9-5-4-6-10-23)26(17-21)37-33(41)42-27-18-34(2,3)32-31-30(43-31)29(27)38(32)35/h4-6,9-10,12-17,19,27,29-32H,7-8,11,18H2,1-3H3,(H,36,40)(H,37,41). The number of epoxide rings is 1. The van der Waals surface area contributed by atoms with E-state index in [2.05, 4.69) is 50.5 Å². The van der Waals surface area contributed by atoms with Crippen LogP contribution in [0.1, 0.15) is 54.6 Å². The number of halogens is 1. The van der Waals surface area contributed by atoms with Gasteiger partial charge in [0.15, 0.2) is 0 Å². The highest BCUT2D eigenvalue weighted by molar-refractivity contribution is 14.1. The van der Waals surface area contributed by atoms with Crippen molar-refractivity contribution in [1.82, 2.24) is 3.11 Å². The molecule has 2 bridgehead atoms. The van der Waals surface area contributed by atoms with Crippen LogP contribution in [0.15, 0.2) is 66.7 Å². The summed E-state index contributed by atoms with van der Waals surface area (Å²) < 4.78 is 14.4. The monoisotopic (exact) mass is 693 g/mol.